The number of nitrogens with zero attached hydrogens (tertiary/aromatic N) is 6. The van der Waals surface area contributed by atoms with Crippen molar-refractivity contribution in [3.05, 3.63) is 33.6 Å². The number of amides is 1. The van der Waals surface area contributed by atoms with Crippen LogP contribution in [0.3, 0.4) is 0 Å². The van der Waals surface area contributed by atoms with Crippen LogP contribution in [0.2, 0.25) is 0 Å². The summed E-state index contributed by atoms with van der Waals surface area (Å²) in [5.41, 5.74) is 0.208. The zero-order chi connectivity index (χ0) is 32.1. The summed E-state index contributed by atoms with van der Waals surface area (Å²) in [5.74, 6) is -1.76. The van der Waals surface area contributed by atoms with Crippen molar-refractivity contribution in [2.75, 3.05) is 38.3 Å². The molecule has 2 aromatic heterocycles. The number of carbonyl (C=O) groups excluding carboxylic acids is 1. The summed E-state index contributed by atoms with van der Waals surface area (Å²) in [4.78, 5) is 25.3. The highest BCUT2D eigenvalue weighted by Crippen LogP contribution is 2.43. The number of hydrogen-bond acceptors (Lipinski definition) is 9. The van der Waals surface area contributed by atoms with Crippen molar-refractivity contribution in [1.29, 1.82) is 0 Å². The molecular formula is C30H37BrF3N7O4. The van der Waals surface area contributed by atoms with Gasteiger partial charge < -0.3 is 24.4 Å². The molecule has 0 aliphatic carbocycles. The third kappa shape index (κ3) is 6.25. The van der Waals surface area contributed by atoms with Crippen molar-refractivity contribution in [2.45, 2.75) is 83.4 Å². The van der Waals surface area contributed by atoms with E-state index in [-0.39, 0.29) is 41.6 Å². The van der Waals surface area contributed by atoms with Gasteiger partial charge in [0.2, 0.25) is 0 Å². The molecule has 1 amide bonds. The maximum Gasteiger partial charge on any atom is 0.407 e. The predicted molar refractivity (Wildman–Crippen MR) is 163 cm³/mol. The lowest BCUT2D eigenvalue weighted by molar-refractivity contribution is 0.0522. The van der Waals surface area contributed by atoms with Crippen LogP contribution < -0.4 is 19.7 Å². The summed E-state index contributed by atoms with van der Waals surface area (Å²) in [6.45, 7) is 8.21. The SMILES string of the molecule is COc1c(F)c(Br)c(F)c2nc(OC[C@@]34CCCN3C[C@H](F)C4)nc(N3CCCn4nc(CNC(=O)OC(C)(C)C)cc4C3)c12. The smallest absolute Gasteiger partial charge is 0.407 e. The van der Waals surface area contributed by atoms with E-state index in [1.807, 2.05) is 15.6 Å². The fourth-order valence-electron chi connectivity index (χ4n) is 6.61. The number of alkyl halides is 1. The molecule has 5 heterocycles. The Labute approximate surface area is 267 Å². The lowest BCUT2D eigenvalue weighted by atomic mass is 9.95. The molecular weight excluding hydrogens is 659 g/mol. The molecule has 0 spiro atoms. The molecule has 11 nitrogen and oxygen atoms in total. The Morgan fingerprint density at radius 3 is 2.73 bits per heavy atom. The molecule has 0 unspecified atom stereocenters. The number of benzene rings is 1. The summed E-state index contributed by atoms with van der Waals surface area (Å²) in [5, 5.41) is 7.45. The van der Waals surface area contributed by atoms with E-state index in [0.717, 1.165) is 25.1 Å². The van der Waals surface area contributed by atoms with Crippen molar-refractivity contribution in [3.63, 3.8) is 0 Å². The second-order valence-electron chi connectivity index (χ2n) is 12.9. The Kier molecular flexibility index (Phi) is 8.52. The van der Waals surface area contributed by atoms with Gasteiger partial charge in [0.05, 0.1) is 47.0 Å². The molecule has 15 heteroatoms. The molecule has 6 rings (SSSR count). The number of halogens is 4. The first-order valence-corrected chi connectivity index (χ1v) is 15.9. The molecule has 0 bridgehead atoms. The molecule has 0 saturated carbocycles. The topological polar surface area (TPSA) is 107 Å². The Balaban J connectivity index is 1.33. The second kappa shape index (κ2) is 12.1. The molecule has 0 radical (unpaired) electrons. The van der Waals surface area contributed by atoms with Gasteiger partial charge >= 0.3 is 12.1 Å². The number of methoxy groups -OCH3 is 1. The van der Waals surface area contributed by atoms with E-state index >= 15 is 8.78 Å². The van der Waals surface area contributed by atoms with Crippen LogP contribution in [0.15, 0.2) is 10.5 Å². The van der Waals surface area contributed by atoms with Gasteiger partial charge in [0.1, 0.15) is 29.7 Å². The van der Waals surface area contributed by atoms with Gasteiger partial charge in [-0.2, -0.15) is 15.1 Å². The van der Waals surface area contributed by atoms with Gasteiger partial charge in [-0.05, 0) is 68.6 Å². The number of aryl methyl sites for hydroxylation is 1. The van der Waals surface area contributed by atoms with Gasteiger partial charge in [-0.3, -0.25) is 9.58 Å². The van der Waals surface area contributed by atoms with Crippen molar-refractivity contribution in [3.8, 4) is 11.8 Å². The van der Waals surface area contributed by atoms with Crippen LogP contribution in [-0.2, 0) is 24.4 Å². The van der Waals surface area contributed by atoms with E-state index in [4.69, 9.17) is 19.2 Å². The minimum absolute atomic E-state index is 0.0770. The Hall–Kier alpha value is -3.33. The van der Waals surface area contributed by atoms with Gasteiger partial charge in [-0.15, -0.1) is 0 Å². The van der Waals surface area contributed by atoms with Crippen molar-refractivity contribution in [1.82, 2.24) is 30.0 Å². The van der Waals surface area contributed by atoms with E-state index in [0.29, 0.717) is 44.7 Å². The Morgan fingerprint density at radius 1 is 1.18 bits per heavy atom. The molecule has 2 saturated heterocycles. The van der Waals surface area contributed by atoms with E-state index < -0.39 is 39.5 Å². The Bertz CT molecular complexity index is 1620. The van der Waals surface area contributed by atoms with Crippen LogP contribution in [0.5, 0.6) is 11.8 Å². The van der Waals surface area contributed by atoms with Gasteiger partial charge in [0.25, 0.3) is 0 Å². The van der Waals surface area contributed by atoms with Crippen LogP contribution in [-0.4, -0.2) is 81.4 Å². The number of anilines is 1. The van der Waals surface area contributed by atoms with Gasteiger partial charge in [0.15, 0.2) is 17.4 Å². The number of hydrogen-bond donors (Lipinski definition) is 1. The van der Waals surface area contributed by atoms with Crippen LogP contribution >= 0.6 is 15.9 Å². The minimum Gasteiger partial charge on any atom is -0.493 e. The predicted octanol–water partition coefficient (Wildman–Crippen LogP) is 5.27. The number of aromatic nitrogens is 4. The monoisotopic (exact) mass is 695 g/mol. The summed E-state index contributed by atoms with van der Waals surface area (Å²) in [6, 6.07) is 1.78. The van der Waals surface area contributed by atoms with Crippen LogP contribution in [0.25, 0.3) is 10.9 Å². The zero-order valence-electron chi connectivity index (χ0n) is 25.8. The largest absolute Gasteiger partial charge is 0.493 e. The van der Waals surface area contributed by atoms with Crippen LogP contribution in [0.4, 0.5) is 23.8 Å². The lowest BCUT2D eigenvalue weighted by Gasteiger charge is -2.31. The summed E-state index contributed by atoms with van der Waals surface area (Å²) in [6.07, 6.45) is 1.24. The zero-order valence-corrected chi connectivity index (χ0v) is 27.3. The maximum absolute atomic E-state index is 15.7. The highest BCUT2D eigenvalue weighted by atomic mass is 79.9. The van der Waals surface area contributed by atoms with Gasteiger partial charge in [-0.25, -0.2) is 18.0 Å². The fourth-order valence-corrected chi connectivity index (χ4v) is 6.97. The van der Waals surface area contributed by atoms with E-state index in [9.17, 15) is 9.18 Å². The highest BCUT2D eigenvalue weighted by Gasteiger charge is 2.49. The van der Waals surface area contributed by atoms with Gasteiger partial charge in [-0.1, -0.05) is 0 Å². The maximum atomic E-state index is 15.7. The van der Waals surface area contributed by atoms with Gasteiger partial charge in [0, 0.05) is 26.1 Å². The standard InChI is InChI=1S/C30H37BrF3N7O4/c1-29(2,3)45-28(42)35-13-18-11-19-15-39(8-6-10-41(19)38-18)26-20-24(22(33)21(31)23(34)25(20)43-4)36-27(37-26)44-16-30-7-5-9-40(30)14-17(32)12-30/h11,17H,5-10,12-16H2,1-4H3,(H,35,42)/t17-,30+/m1/s1. The van der Waals surface area contributed by atoms with Crippen LogP contribution in [0.1, 0.15) is 57.8 Å². The molecule has 2 fully saturated rings. The molecule has 3 aliphatic rings. The summed E-state index contributed by atoms with van der Waals surface area (Å²) in [7, 11) is 1.30. The number of carbonyl (C=O) groups is 1. The van der Waals surface area contributed by atoms with Crippen molar-refractivity contribution < 1.29 is 32.2 Å². The average Bonchev–Trinajstić information content (AvgIpc) is 3.60. The first-order chi connectivity index (χ1) is 21.4. The molecule has 2 atom stereocenters. The first kappa shape index (κ1) is 31.6. The van der Waals surface area contributed by atoms with Crippen LogP contribution in [0, 0.1) is 11.6 Å². The third-order valence-electron chi connectivity index (χ3n) is 8.50. The highest BCUT2D eigenvalue weighted by molar-refractivity contribution is 9.10. The number of rotatable bonds is 7. The molecule has 3 aromatic rings. The normalized spacial score (nSPS) is 21.9. The number of alkyl carbamates (subject to hydrolysis) is 1. The second-order valence-corrected chi connectivity index (χ2v) is 13.7. The quantitative estimate of drug-likeness (QED) is 0.331. The summed E-state index contributed by atoms with van der Waals surface area (Å²) < 4.78 is 63.7. The number of nitrogens with one attached hydrogen (secondary N) is 1. The summed E-state index contributed by atoms with van der Waals surface area (Å²) >= 11 is 3.01. The fraction of sp³-hybridized carbons (Fsp3) is 0.600. The van der Waals surface area contributed by atoms with Crippen molar-refractivity contribution in [2.24, 2.45) is 0 Å². The minimum atomic E-state index is -0.936. The Morgan fingerprint density at radius 2 is 1.98 bits per heavy atom. The van der Waals surface area contributed by atoms with E-state index in [2.05, 4.69) is 36.2 Å². The molecule has 1 N–H and O–H groups in total. The molecule has 1 aromatic carbocycles. The molecule has 3 aliphatic heterocycles. The third-order valence-corrected chi connectivity index (χ3v) is 9.20. The van der Waals surface area contributed by atoms with Crippen molar-refractivity contribution >= 4 is 38.7 Å². The molecule has 244 valence electrons. The van der Waals surface area contributed by atoms with E-state index in [1.165, 1.54) is 7.11 Å². The van der Waals surface area contributed by atoms with E-state index in [1.54, 1.807) is 20.8 Å². The average molecular weight is 697 g/mol. The molecule has 45 heavy (non-hydrogen) atoms. The number of fused-ring (bicyclic) bond motifs is 3. The first-order valence-electron chi connectivity index (χ1n) is 15.1. The number of ether oxygens (including phenoxy) is 3. The lowest BCUT2D eigenvalue weighted by Crippen LogP contribution is -2.43.